The van der Waals surface area contributed by atoms with Crippen LogP contribution in [0.15, 0.2) is 17.0 Å². The first kappa shape index (κ1) is 19.8. The van der Waals surface area contributed by atoms with Gasteiger partial charge in [-0.15, -0.1) is 11.8 Å². The summed E-state index contributed by atoms with van der Waals surface area (Å²) in [5.74, 6) is -1.33. The van der Waals surface area contributed by atoms with E-state index in [1.54, 1.807) is 13.8 Å². The minimum Gasteiger partial charge on any atom is -0.462 e. The average molecular weight is 362 g/mol. The fourth-order valence-electron chi connectivity index (χ4n) is 1.85. The van der Waals surface area contributed by atoms with Crippen molar-refractivity contribution in [2.24, 2.45) is 0 Å². The van der Waals surface area contributed by atoms with E-state index in [0.29, 0.717) is 11.3 Å². The van der Waals surface area contributed by atoms with Gasteiger partial charge in [-0.3, -0.25) is 9.59 Å². The highest BCUT2D eigenvalue weighted by Crippen LogP contribution is 2.36. The summed E-state index contributed by atoms with van der Waals surface area (Å²) in [4.78, 5) is 23.8. The first-order chi connectivity index (χ1) is 10.7. The van der Waals surface area contributed by atoms with Gasteiger partial charge in [-0.1, -0.05) is 24.9 Å². The van der Waals surface area contributed by atoms with Crippen LogP contribution in [0.2, 0.25) is 5.02 Å². The number of anilines is 1. The molecule has 0 spiro atoms. The molecule has 1 aromatic rings. The molecule has 4 nitrogen and oxygen atoms in total. The summed E-state index contributed by atoms with van der Waals surface area (Å²) < 4.78 is 19.1. The van der Waals surface area contributed by atoms with Gasteiger partial charge in [-0.05, 0) is 32.4 Å². The second-order valence-electron chi connectivity index (χ2n) is 5.32. The van der Waals surface area contributed by atoms with Crippen molar-refractivity contribution in [3.63, 3.8) is 0 Å². The molecule has 0 saturated carbocycles. The van der Waals surface area contributed by atoms with Gasteiger partial charge < -0.3 is 10.1 Å². The monoisotopic (exact) mass is 361 g/mol. The lowest BCUT2D eigenvalue weighted by Gasteiger charge is -2.18. The first-order valence-corrected chi connectivity index (χ1v) is 8.64. The van der Waals surface area contributed by atoms with Crippen LogP contribution in [0.3, 0.4) is 0 Å². The molecular weight excluding hydrogens is 341 g/mol. The molecule has 0 aromatic heterocycles. The molecule has 7 heteroatoms. The third-order valence-electron chi connectivity index (χ3n) is 2.77. The van der Waals surface area contributed by atoms with Crippen LogP contribution >= 0.6 is 23.4 Å². The Morgan fingerprint density at radius 2 is 2.04 bits per heavy atom. The lowest BCUT2D eigenvalue weighted by atomic mass is 10.2. The van der Waals surface area contributed by atoms with Crippen LogP contribution in [0.5, 0.6) is 0 Å². The van der Waals surface area contributed by atoms with E-state index in [4.69, 9.17) is 16.3 Å². The maximum Gasteiger partial charge on any atom is 0.319 e. The summed E-state index contributed by atoms with van der Waals surface area (Å²) in [5.41, 5.74) is 0.0388. The number of carbonyl (C=O) groups is 2. The Hall–Kier alpha value is -1.27. The summed E-state index contributed by atoms with van der Waals surface area (Å²) >= 11 is 7.28. The van der Waals surface area contributed by atoms with Crippen molar-refractivity contribution >= 4 is 40.9 Å². The predicted octanol–water partition coefficient (Wildman–Crippen LogP) is 4.65. The Morgan fingerprint density at radius 3 is 2.57 bits per heavy atom. The molecule has 0 aliphatic rings. The fourth-order valence-corrected chi connectivity index (χ4v) is 3.31. The minimum atomic E-state index is -0.619. The normalized spacial score (nSPS) is 12.1. The van der Waals surface area contributed by atoms with Gasteiger partial charge in [0.05, 0.1) is 16.8 Å². The molecular formula is C16H21ClFNO3S. The quantitative estimate of drug-likeness (QED) is 0.567. The Labute approximate surface area is 145 Å². The number of hydrogen-bond donors (Lipinski definition) is 1. The topological polar surface area (TPSA) is 55.4 Å². The van der Waals surface area contributed by atoms with Gasteiger partial charge >= 0.3 is 5.97 Å². The number of esters is 1. The van der Waals surface area contributed by atoms with E-state index < -0.39 is 11.1 Å². The molecule has 0 radical (unpaired) electrons. The van der Waals surface area contributed by atoms with E-state index in [9.17, 15) is 14.0 Å². The van der Waals surface area contributed by atoms with E-state index >= 15 is 0 Å². The SMILES string of the molecule is CCCC(Sc1cc(NC(C)=O)c(F)cc1Cl)C(=O)OC(C)C. The average Bonchev–Trinajstić information content (AvgIpc) is 2.42. The van der Waals surface area contributed by atoms with Gasteiger partial charge in [0.25, 0.3) is 0 Å². The molecule has 0 saturated heterocycles. The van der Waals surface area contributed by atoms with Gasteiger partial charge in [-0.2, -0.15) is 0 Å². The van der Waals surface area contributed by atoms with Crippen molar-refractivity contribution in [1.82, 2.24) is 0 Å². The molecule has 0 fully saturated rings. The molecule has 1 unspecified atom stereocenters. The van der Waals surface area contributed by atoms with Crippen LogP contribution in [0.1, 0.15) is 40.5 Å². The zero-order valence-electron chi connectivity index (χ0n) is 13.6. The Kier molecular flexibility index (Phi) is 7.85. The number of nitrogens with one attached hydrogen (secondary N) is 1. The minimum absolute atomic E-state index is 0.0388. The summed E-state index contributed by atoms with van der Waals surface area (Å²) in [6.07, 6.45) is 1.20. The molecule has 0 heterocycles. The van der Waals surface area contributed by atoms with E-state index in [2.05, 4.69) is 5.32 Å². The van der Waals surface area contributed by atoms with Crippen molar-refractivity contribution in [3.8, 4) is 0 Å². The number of hydrogen-bond acceptors (Lipinski definition) is 4. The van der Waals surface area contributed by atoms with Gasteiger partial charge in [0, 0.05) is 11.8 Å². The highest BCUT2D eigenvalue weighted by molar-refractivity contribution is 8.00. The number of benzene rings is 1. The van der Waals surface area contributed by atoms with Crippen LogP contribution in [-0.4, -0.2) is 23.2 Å². The molecule has 23 heavy (non-hydrogen) atoms. The zero-order chi connectivity index (χ0) is 17.6. The maximum atomic E-state index is 13.8. The second kappa shape index (κ2) is 9.13. The zero-order valence-corrected chi connectivity index (χ0v) is 15.2. The van der Waals surface area contributed by atoms with E-state index in [-0.39, 0.29) is 28.7 Å². The number of rotatable bonds is 7. The van der Waals surface area contributed by atoms with Crippen LogP contribution in [0.25, 0.3) is 0 Å². The number of carbonyl (C=O) groups excluding carboxylic acids is 2. The van der Waals surface area contributed by atoms with Crippen molar-refractivity contribution in [2.45, 2.75) is 56.8 Å². The number of thioether (sulfide) groups is 1. The number of ether oxygens (including phenoxy) is 1. The third-order valence-corrected chi connectivity index (χ3v) is 4.50. The van der Waals surface area contributed by atoms with Crippen LogP contribution in [0, 0.1) is 5.82 Å². The lowest BCUT2D eigenvalue weighted by molar-refractivity contribution is -0.146. The van der Waals surface area contributed by atoms with E-state index in [1.807, 2.05) is 6.92 Å². The summed E-state index contributed by atoms with van der Waals surface area (Å²) in [5, 5.41) is 2.17. The number of amides is 1. The standard InChI is InChI=1S/C16H21ClFNO3S/c1-5-6-14(16(21)22-9(2)3)23-15-8-13(19-10(4)20)12(18)7-11(15)17/h7-9,14H,5-6H2,1-4H3,(H,19,20). The summed E-state index contributed by atoms with van der Waals surface area (Å²) in [6.45, 7) is 6.82. The van der Waals surface area contributed by atoms with Crippen LogP contribution in [0.4, 0.5) is 10.1 Å². The molecule has 128 valence electrons. The maximum absolute atomic E-state index is 13.8. The summed E-state index contributed by atoms with van der Waals surface area (Å²) in [6, 6.07) is 2.57. The van der Waals surface area contributed by atoms with Crippen LogP contribution < -0.4 is 5.32 Å². The smallest absolute Gasteiger partial charge is 0.319 e. The third kappa shape index (κ3) is 6.39. The largest absolute Gasteiger partial charge is 0.462 e. The number of halogens is 2. The van der Waals surface area contributed by atoms with Crippen LogP contribution in [-0.2, 0) is 14.3 Å². The molecule has 1 N–H and O–H groups in total. The molecule has 0 aliphatic heterocycles. The van der Waals surface area contributed by atoms with Crippen molar-refractivity contribution in [3.05, 3.63) is 23.0 Å². The van der Waals surface area contributed by atoms with Gasteiger partial charge in [0.1, 0.15) is 11.1 Å². The molecule has 1 rings (SSSR count). The van der Waals surface area contributed by atoms with Crippen molar-refractivity contribution in [2.75, 3.05) is 5.32 Å². The van der Waals surface area contributed by atoms with Crippen molar-refractivity contribution < 1.29 is 18.7 Å². The Balaban J connectivity index is 3.02. The van der Waals surface area contributed by atoms with E-state index in [1.165, 1.54) is 24.8 Å². The Morgan fingerprint density at radius 1 is 1.39 bits per heavy atom. The molecule has 1 aromatic carbocycles. The highest BCUT2D eigenvalue weighted by Gasteiger charge is 2.23. The molecule has 1 amide bonds. The van der Waals surface area contributed by atoms with Gasteiger partial charge in [-0.25, -0.2) is 4.39 Å². The molecule has 1 atom stereocenters. The second-order valence-corrected chi connectivity index (χ2v) is 6.98. The Bertz CT molecular complexity index is 581. The van der Waals surface area contributed by atoms with E-state index in [0.717, 1.165) is 12.5 Å². The molecule has 0 aliphatic carbocycles. The van der Waals surface area contributed by atoms with Crippen molar-refractivity contribution in [1.29, 1.82) is 0 Å². The first-order valence-electron chi connectivity index (χ1n) is 7.38. The lowest BCUT2D eigenvalue weighted by Crippen LogP contribution is -2.23. The predicted molar refractivity (Wildman–Crippen MR) is 91.5 cm³/mol. The molecule has 0 bridgehead atoms. The van der Waals surface area contributed by atoms with Gasteiger partial charge in [0.2, 0.25) is 5.91 Å². The highest BCUT2D eigenvalue weighted by atomic mass is 35.5. The summed E-state index contributed by atoms with van der Waals surface area (Å²) in [7, 11) is 0. The fraction of sp³-hybridized carbons (Fsp3) is 0.500. The van der Waals surface area contributed by atoms with Gasteiger partial charge in [0.15, 0.2) is 0 Å².